The molecule has 1 atom stereocenters. The molecule has 1 heterocycles. The summed E-state index contributed by atoms with van der Waals surface area (Å²) >= 11 is 0. The lowest BCUT2D eigenvalue weighted by Gasteiger charge is -2.38. The largest absolute Gasteiger partial charge is 0.418 e. The fraction of sp³-hybridized carbons (Fsp3) is 0.412. The lowest BCUT2D eigenvalue weighted by atomic mass is 9.83. The maximum absolute atomic E-state index is 13.5. The fourth-order valence-corrected chi connectivity index (χ4v) is 4.63. The van der Waals surface area contributed by atoms with Gasteiger partial charge in [0, 0.05) is 18.3 Å². The minimum absolute atomic E-state index is 0.107. The van der Waals surface area contributed by atoms with E-state index in [0.717, 1.165) is 15.7 Å². The molecule has 2 aromatic rings. The van der Waals surface area contributed by atoms with Gasteiger partial charge in [-0.2, -0.15) is 22.0 Å². The number of alkyl halides is 5. The van der Waals surface area contributed by atoms with Gasteiger partial charge in [-0.25, -0.2) is 12.4 Å². The molecule has 1 aliphatic rings. The third-order valence-electron chi connectivity index (χ3n) is 4.71. The Labute approximate surface area is 152 Å². The summed E-state index contributed by atoms with van der Waals surface area (Å²) in [5, 5.41) is 0. The second-order valence-corrected chi connectivity index (χ2v) is 8.26. The zero-order chi connectivity index (χ0) is 20.0. The Balaban J connectivity index is 2.07. The van der Waals surface area contributed by atoms with E-state index in [1.807, 2.05) is 0 Å². The lowest BCUT2D eigenvalue weighted by molar-refractivity contribution is -0.330. The molecule has 0 amide bonds. The number of aryl methyl sites for hydroxylation is 2. The number of rotatable bonds is 4. The van der Waals surface area contributed by atoms with Gasteiger partial charge in [0.1, 0.15) is 0 Å². The molecule has 0 spiro atoms. The predicted molar refractivity (Wildman–Crippen MR) is 86.1 cm³/mol. The van der Waals surface area contributed by atoms with Crippen LogP contribution in [0.15, 0.2) is 41.4 Å². The van der Waals surface area contributed by atoms with Crippen molar-refractivity contribution in [3.05, 3.63) is 53.3 Å². The van der Waals surface area contributed by atoms with Gasteiger partial charge in [0.2, 0.25) is 0 Å². The van der Waals surface area contributed by atoms with E-state index in [0.29, 0.717) is 5.56 Å². The van der Waals surface area contributed by atoms with Crippen LogP contribution in [0.4, 0.5) is 22.0 Å². The average Bonchev–Trinajstić information content (AvgIpc) is 2.97. The van der Waals surface area contributed by atoms with E-state index in [2.05, 4.69) is 4.74 Å². The summed E-state index contributed by atoms with van der Waals surface area (Å²) in [5.74, 6) is 0. The molecule has 0 N–H and O–H groups in total. The molecule has 10 heteroatoms. The van der Waals surface area contributed by atoms with Gasteiger partial charge in [-0.3, -0.25) is 0 Å². The van der Waals surface area contributed by atoms with Crippen LogP contribution in [0, 0.1) is 6.92 Å². The first-order valence-corrected chi connectivity index (χ1v) is 9.44. The highest BCUT2D eigenvalue weighted by molar-refractivity contribution is 7.90. The molecule has 1 aliphatic carbocycles. The molecule has 1 aromatic carbocycles. The minimum atomic E-state index is -5.08. The number of ether oxygens (including phenoxy) is 1. The highest BCUT2D eigenvalue weighted by Crippen LogP contribution is 2.45. The van der Waals surface area contributed by atoms with E-state index in [9.17, 15) is 30.4 Å². The molecular weight excluding hydrogens is 393 g/mol. The highest BCUT2D eigenvalue weighted by Gasteiger charge is 2.59. The van der Waals surface area contributed by atoms with Crippen molar-refractivity contribution in [1.29, 1.82) is 0 Å². The van der Waals surface area contributed by atoms with Crippen LogP contribution in [-0.2, 0) is 27.6 Å². The number of halogens is 5. The molecule has 27 heavy (non-hydrogen) atoms. The Morgan fingerprint density at radius 3 is 2.33 bits per heavy atom. The number of fused-ring (bicyclic) bond motifs is 1. The quantitative estimate of drug-likeness (QED) is 0.716. The van der Waals surface area contributed by atoms with Crippen LogP contribution < -0.4 is 0 Å². The van der Waals surface area contributed by atoms with E-state index in [1.165, 1.54) is 18.2 Å². The monoisotopic (exact) mass is 409 g/mol. The summed E-state index contributed by atoms with van der Waals surface area (Å²) < 4.78 is 96.4. The first kappa shape index (κ1) is 19.8. The van der Waals surface area contributed by atoms with Crippen LogP contribution in [0.3, 0.4) is 0 Å². The summed E-state index contributed by atoms with van der Waals surface area (Å²) in [6, 6.07) is 7.19. The van der Waals surface area contributed by atoms with E-state index in [-0.39, 0.29) is 17.0 Å². The van der Waals surface area contributed by atoms with E-state index >= 15 is 0 Å². The van der Waals surface area contributed by atoms with Crippen molar-refractivity contribution in [1.82, 2.24) is 3.97 Å². The van der Waals surface area contributed by atoms with Crippen molar-refractivity contribution in [3.8, 4) is 0 Å². The molecule has 0 bridgehead atoms. The van der Waals surface area contributed by atoms with Gasteiger partial charge >= 0.3 is 12.8 Å². The Kier molecular flexibility index (Phi) is 4.84. The number of hydrogen-bond acceptors (Lipinski definition) is 3. The summed E-state index contributed by atoms with van der Waals surface area (Å²) in [6.07, 6.45) is -5.87. The van der Waals surface area contributed by atoms with Gasteiger partial charge in [0.15, 0.2) is 5.60 Å². The molecule has 0 radical (unpaired) electrons. The van der Waals surface area contributed by atoms with E-state index < -0.39 is 41.3 Å². The average molecular weight is 409 g/mol. The molecule has 0 unspecified atom stereocenters. The van der Waals surface area contributed by atoms with Crippen molar-refractivity contribution in [3.63, 3.8) is 0 Å². The van der Waals surface area contributed by atoms with Crippen LogP contribution in [0.2, 0.25) is 0 Å². The third-order valence-corrected chi connectivity index (χ3v) is 6.44. The smallest absolute Gasteiger partial charge is 0.306 e. The SMILES string of the molecule is Cc1ccc(S(=O)(=O)n2ccc3c2C[C@@](OC(F)F)(C(F)(F)F)CC3)cc1. The maximum atomic E-state index is 13.5. The van der Waals surface area contributed by atoms with Crippen molar-refractivity contribution in [2.24, 2.45) is 0 Å². The summed E-state index contributed by atoms with van der Waals surface area (Å²) in [7, 11) is -4.17. The Bertz CT molecular complexity index is 934. The lowest BCUT2D eigenvalue weighted by Crippen LogP contribution is -2.53. The molecule has 4 nitrogen and oxygen atoms in total. The van der Waals surface area contributed by atoms with Crippen molar-refractivity contribution in [2.75, 3.05) is 0 Å². The van der Waals surface area contributed by atoms with Crippen LogP contribution in [0.1, 0.15) is 23.2 Å². The highest BCUT2D eigenvalue weighted by atomic mass is 32.2. The molecule has 0 saturated carbocycles. The van der Waals surface area contributed by atoms with Crippen molar-refractivity contribution in [2.45, 2.75) is 49.5 Å². The molecular formula is C17H16F5NO3S. The van der Waals surface area contributed by atoms with Crippen LogP contribution in [-0.4, -0.2) is 30.8 Å². The summed E-state index contributed by atoms with van der Waals surface area (Å²) in [5.41, 5.74) is -2.15. The second kappa shape index (κ2) is 6.59. The number of aromatic nitrogens is 1. The van der Waals surface area contributed by atoms with E-state index in [4.69, 9.17) is 0 Å². The topological polar surface area (TPSA) is 48.3 Å². The number of hydrogen-bond donors (Lipinski definition) is 0. The van der Waals surface area contributed by atoms with Gasteiger partial charge in [-0.05, 0) is 43.5 Å². The molecule has 0 aliphatic heterocycles. The van der Waals surface area contributed by atoms with Crippen LogP contribution >= 0.6 is 0 Å². The standard InChI is InChI=1S/C17H16F5NO3S/c1-11-2-4-13(5-3-11)27(24,25)23-9-7-12-6-8-16(10-14(12)23,17(20,21)22)26-15(18)19/h2-5,7,9,15H,6,8,10H2,1H3/t16-/m1/s1. The zero-order valence-electron chi connectivity index (χ0n) is 14.1. The van der Waals surface area contributed by atoms with Gasteiger partial charge in [0.25, 0.3) is 10.0 Å². The Morgan fingerprint density at radius 2 is 1.78 bits per heavy atom. The molecule has 0 fully saturated rings. The molecule has 148 valence electrons. The molecule has 1 aromatic heterocycles. The zero-order valence-corrected chi connectivity index (χ0v) is 14.9. The van der Waals surface area contributed by atoms with Crippen LogP contribution in [0.25, 0.3) is 0 Å². The van der Waals surface area contributed by atoms with Gasteiger partial charge < -0.3 is 4.74 Å². The van der Waals surface area contributed by atoms with E-state index in [1.54, 1.807) is 19.1 Å². The maximum Gasteiger partial charge on any atom is 0.418 e. The second-order valence-electron chi connectivity index (χ2n) is 6.45. The van der Waals surface area contributed by atoms with Gasteiger partial charge in [-0.15, -0.1) is 0 Å². The van der Waals surface area contributed by atoms with Gasteiger partial charge in [-0.1, -0.05) is 17.7 Å². The summed E-state index contributed by atoms with van der Waals surface area (Å²) in [4.78, 5) is -0.107. The number of nitrogens with zero attached hydrogens (tertiary/aromatic N) is 1. The molecule has 3 rings (SSSR count). The first-order chi connectivity index (χ1) is 12.5. The molecule has 0 saturated heterocycles. The van der Waals surface area contributed by atoms with Crippen LogP contribution in [0.5, 0.6) is 0 Å². The van der Waals surface area contributed by atoms with Gasteiger partial charge in [0.05, 0.1) is 4.90 Å². The third kappa shape index (κ3) is 3.47. The first-order valence-electron chi connectivity index (χ1n) is 8.00. The fourth-order valence-electron chi connectivity index (χ4n) is 3.23. The van der Waals surface area contributed by atoms with Crippen molar-refractivity contribution < 1.29 is 35.1 Å². The Morgan fingerprint density at radius 1 is 1.15 bits per heavy atom. The normalized spacial score (nSPS) is 20.7. The predicted octanol–water partition coefficient (Wildman–Crippen LogP) is 4.06. The van der Waals surface area contributed by atoms with Crippen molar-refractivity contribution >= 4 is 10.0 Å². The Hall–Kier alpha value is -1.94. The number of benzene rings is 1. The summed E-state index contributed by atoms with van der Waals surface area (Å²) in [6.45, 7) is -1.88. The minimum Gasteiger partial charge on any atom is -0.306 e.